The number of carbonyl (C=O) groups excluding carboxylic acids is 2. The first-order valence-electron chi connectivity index (χ1n) is 13.4. The van der Waals surface area contributed by atoms with Crippen molar-refractivity contribution in [3.63, 3.8) is 0 Å². The van der Waals surface area contributed by atoms with E-state index < -0.39 is 5.92 Å². The van der Waals surface area contributed by atoms with Crippen LogP contribution in [0.2, 0.25) is 15.1 Å². The Morgan fingerprint density at radius 1 is 0.850 bits per heavy atom. The van der Waals surface area contributed by atoms with Gasteiger partial charge in [0.2, 0.25) is 0 Å². The normalized spacial score (nSPS) is 20.5. The van der Waals surface area contributed by atoms with E-state index in [0.717, 1.165) is 35.4 Å². The van der Waals surface area contributed by atoms with Crippen LogP contribution in [-0.2, 0) is 16.2 Å². The lowest BCUT2D eigenvalue weighted by atomic mass is 9.63. The van der Waals surface area contributed by atoms with Crippen LogP contribution in [0.5, 0.6) is 11.5 Å². The predicted octanol–water partition coefficient (Wildman–Crippen LogP) is 8.55. The number of allylic oxidation sites excluding steroid dienone is 4. The molecule has 1 heterocycles. The van der Waals surface area contributed by atoms with Crippen LogP contribution in [0.25, 0.3) is 0 Å². The Labute approximate surface area is 251 Å². The number of halogens is 3. The van der Waals surface area contributed by atoms with E-state index >= 15 is 0 Å². The van der Waals surface area contributed by atoms with Crippen molar-refractivity contribution in [2.24, 2.45) is 10.8 Å². The molecule has 0 saturated heterocycles. The molecule has 2 aromatic carbocycles. The third-order valence-electron chi connectivity index (χ3n) is 8.15. The SMILES string of the molecule is COc1cc(C2C3=C(CC(C)(C)CC3=O)N(C)C3=C2C(=O)CC(C)(C)C3)cc(Cl)c1OCc1ccc(Cl)cc1Cl. The van der Waals surface area contributed by atoms with Gasteiger partial charge in [-0.05, 0) is 53.5 Å². The first kappa shape index (κ1) is 29.0. The molecular formula is C32H34Cl3NO4. The van der Waals surface area contributed by atoms with Gasteiger partial charge in [0.15, 0.2) is 23.1 Å². The molecule has 0 atom stereocenters. The average molecular weight is 603 g/mol. The Morgan fingerprint density at radius 3 is 1.95 bits per heavy atom. The largest absolute Gasteiger partial charge is 0.493 e. The molecule has 3 aliphatic rings. The third kappa shape index (κ3) is 5.29. The van der Waals surface area contributed by atoms with Crippen LogP contribution in [-0.4, -0.2) is 30.6 Å². The Hall–Kier alpha value is -2.47. The van der Waals surface area contributed by atoms with Crippen molar-refractivity contribution in [1.82, 2.24) is 4.90 Å². The summed E-state index contributed by atoms with van der Waals surface area (Å²) in [7, 11) is 3.54. The molecule has 0 radical (unpaired) electrons. The van der Waals surface area contributed by atoms with Crippen LogP contribution in [0.4, 0.5) is 0 Å². The minimum absolute atomic E-state index is 0.0695. The van der Waals surface area contributed by atoms with Crippen molar-refractivity contribution < 1.29 is 19.1 Å². The van der Waals surface area contributed by atoms with Gasteiger partial charge in [-0.15, -0.1) is 0 Å². The minimum Gasteiger partial charge on any atom is -0.493 e. The van der Waals surface area contributed by atoms with Gasteiger partial charge in [-0.3, -0.25) is 9.59 Å². The van der Waals surface area contributed by atoms with Crippen molar-refractivity contribution in [1.29, 1.82) is 0 Å². The maximum atomic E-state index is 13.8. The number of rotatable bonds is 5. The molecule has 8 heteroatoms. The second-order valence-corrected chi connectivity index (χ2v) is 13.9. The molecule has 40 heavy (non-hydrogen) atoms. The quantitative estimate of drug-likeness (QED) is 0.343. The van der Waals surface area contributed by atoms with Gasteiger partial charge in [0.25, 0.3) is 0 Å². The smallest absolute Gasteiger partial charge is 0.180 e. The number of nitrogens with zero attached hydrogens (tertiary/aromatic N) is 1. The first-order chi connectivity index (χ1) is 18.7. The summed E-state index contributed by atoms with van der Waals surface area (Å²) in [6.45, 7) is 8.64. The van der Waals surface area contributed by atoms with Gasteiger partial charge in [0.05, 0.1) is 12.1 Å². The molecule has 5 rings (SSSR count). The fraction of sp³-hybridized carbons (Fsp3) is 0.438. The second kappa shape index (κ2) is 10.4. The Balaban J connectivity index is 1.62. The molecule has 2 aromatic rings. The molecule has 5 nitrogen and oxygen atoms in total. The summed E-state index contributed by atoms with van der Waals surface area (Å²) >= 11 is 19.2. The highest BCUT2D eigenvalue weighted by molar-refractivity contribution is 6.35. The number of Topliss-reactive ketones (excluding diaryl/α,β-unsaturated/α-hetero) is 2. The topological polar surface area (TPSA) is 55.8 Å². The minimum atomic E-state index is -0.514. The molecule has 0 saturated carbocycles. The number of ketones is 2. The fourth-order valence-electron chi connectivity index (χ4n) is 6.33. The zero-order valence-electron chi connectivity index (χ0n) is 23.7. The average Bonchev–Trinajstić information content (AvgIpc) is 2.84. The van der Waals surface area contributed by atoms with Gasteiger partial charge in [0, 0.05) is 64.0 Å². The third-order valence-corrected chi connectivity index (χ3v) is 9.02. The maximum Gasteiger partial charge on any atom is 0.180 e. The highest BCUT2D eigenvalue weighted by Crippen LogP contribution is 2.55. The standard InChI is InChI=1S/C32H34Cl3NO4/c1-31(2)12-22-28(24(37)14-31)27(29-23(36(22)5)13-32(3,4)15-25(29)38)18-9-21(35)30(26(10-18)39-6)40-16-17-7-8-19(33)11-20(17)34/h7-11,27H,12-16H2,1-6H3. The highest BCUT2D eigenvalue weighted by Gasteiger charge is 2.48. The van der Waals surface area contributed by atoms with E-state index in [1.54, 1.807) is 31.4 Å². The zero-order chi connectivity index (χ0) is 29.1. The van der Waals surface area contributed by atoms with Crippen molar-refractivity contribution in [2.45, 2.75) is 65.9 Å². The lowest BCUT2D eigenvalue weighted by Crippen LogP contribution is -2.43. The number of methoxy groups -OCH3 is 1. The lowest BCUT2D eigenvalue weighted by Gasteiger charge is -2.48. The Kier molecular flexibility index (Phi) is 7.56. The summed E-state index contributed by atoms with van der Waals surface area (Å²) in [5.41, 5.74) is 4.51. The zero-order valence-corrected chi connectivity index (χ0v) is 26.0. The van der Waals surface area contributed by atoms with Crippen LogP contribution >= 0.6 is 34.8 Å². The Bertz CT molecular complexity index is 1430. The van der Waals surface area contributed by atoms with Gasteiger partial charge in [0.1, 0.15) is 6.61 Å². The molecule has 212 valence electrons. The van der Waals surface area contributed by atoms with E-state index in [0.29, 0.717) is 50.6 Å². The predicted molar refractivity (Wildman–Crippen MR) is 159 cm³/mol. The van der Waals surface area contributed by atoms with Crippen LogP contribution < -0.4 is 9.47 Å². The molecule has 0 N–H and O–H groups in total. The van der Waals surface area contributed by atoms with Gasteiger partial charge in [-0.2, -0.15) is 0 Å². The van der Waals surface area contributed by atoms with E-state index in [4.69, 9.17) is 44.3 Å². The van der Waals surface area contributed by atoms with E-state index in [9.17, 15) is 9.59 Å². The fourth-order valence-corrected chi connectivity index (χ4v) is 7.07. The summed E-state index contributed by atoms with van der Waals surface area (Å²) in [5.74, 6) is 0.408. The molecule has 0 bridgehead atoms. The number of hydrogen-bond acceptors (Lipinski definition) is 5. The van der Waals surface area contributed by atoms with Gasteiger partial charge in [-0.1, -0.05) is 68.6 Å². The molecule has 0 fully saturated rings. The Morgan fingerprint density at radius 2 is 1.43 bits per heavy atom. The summed E-state index contributed by atoms with van der Waals surface area (Å²) in [6, 6.07) is 8.84. The number of carbonyl (C=O) groups is 2. The summed E-state index contributed by atoms with van der Waals surface area (Å²) in [6.07, 6.45) is 2.35. The highest BCUT2D eigenvalue weighted by atomic mass is 35.5. The second-order valence-electron chi connectivity index (χ2n) is 12.7. The summed E-state index contributed by atoms with van der Waals surface area (Å²) < 4.78 is 11.8. The van der Waals surface area contributed by atoms with Crippen LogP contribution in [0.3, 0.4) is 0 Å². The first-order valence-corrected chi connectivity index (χ1v) is 14.5. The molecule has 1 aliphatic heterocycles. The van der Waals surface area contributed by atoms with Crippen molar-refractivity contribution >= 4 is 46.4 Å². The number of ether oxygens (including phenoxy) is 2. The van der Waals surface area contributed by atoms with Crippen molar-refractivity contribution in [3.8, 4) is 11.5 Å². The number of benzene rings is 2. The van der Waals surface area contributed by atoms with E-state index in [1.807, 2.05) is 13.1 Å². The molecule has 0 spiro atoms. The van der Waals surface area contributed by atoms with E-state index in [2.05, 4.69) is 32.6 Å². The van der Waals surface area contributed by atoms with Crippen molar-refractivity contribution in [3.05, 3.63) is 79.1 Å². The van der Waals surface area contributed by atoms with Gasteiger partial charge < -0.3 is 14.4 Å². The van der Waals surface area contributed by atoms with Crippen molar-refractivity contribution in [2.75, 3.05) is 14.2 Å². The summed E-state index contributed by atoms with van der Waals surface area (Å²) in [5, 5.41) is 1.35. The summed E-state index contributed by atoms with van der Waals surface area (Å²) in [4.78, 5) is 29.7. The maximum absolute atomic E-state index is 13.8. The lowest BCUT2D eigenvalue weighted by molar-refractivity contribution is -0.119. The molecule has 2 aliphatic carbocycles. The number of hydrogen-bond donors (Lipinski definition) is 0. The van der Waals surface area contributed by atoms with Crippen LogP contribution in [0.1, 0.15) is 70.4 Å². The monoisotopic (exact) mass is 601 g/mol. The van der Waals surface area contributed by atoms with E-state index in [-0.39, 0.29) is 29.0 Å². The van der Waals surface area contributed by atoms with Crippen LogP contribution in [0, 0.1) is 10.8 Å². The molecular weight excluding hydrogens is 569 g/mol. The molecule has 0 unspecified atom stereocenters. The van der Waals surface area contributed by atoms with E-state index in [1.165, 1.54) is 0 Å². The van der Waals surface area contributed by atoms with Gasteiger partial charge in [-0.25, -0.2) is 0 Å². The van der Waals surface area contributed by atoms with Crippen LogP contribution in [0.15, 0.2) is 52.9 Å². The molecule has 0 amide bonds. The van der Waals surface area contributed by atoms with Gasteiger partial charge >= 0.3 is 0 Å². The molecule has 0 aromatic heterocycles.